The fraction of sp³-hybridized carbons (Fsp3) is 0. The highest BCUT2D eigenvalue weighted by Gasteiger charge is 2.04. The van der Waals surface area contributed by atoms with Gasteiger partial charge in [0.25, 0.3) is 0 Å². The van der Waals surface area contributed by atoms with Crippen molar-refractivity contribution < 1.29 is 4.42 Å². The van der Waals surface area contributed by atoms with E-state index in [1.807, 2.05) is 30.3 Å². The third-order valence-corrected chi connectivity index (χ3v) is 2.41. The molecule has 2 heterocycles. The summed E-state index contributed by atoms with van der Waals surface area (Å²) in [7, 11) is 0. The van der Waals surface area contributed by atoms with Crippen molar-refractivity contribution in [2.45, 2.75) is 0 Å². The molecule has 0 aliphatic rings. The van der Waals surface area contributed by atoms with Crippen molar-refractivity contribution in [1.29, 1.82) is 0 Å². The van der Waals surface area contributed by atoms with Gasteiger partial charge in [0.1, 0.15) is 5.58 Å². The minimum Gasteiger partial charge on any atom is -0.464 e. The summed E-state index contributed by atoms with van der Waals surface area (Å²) in [6.07, 6.45) is 5.27. The molecule has 2 nitrogen and oxygen atoms in total. The molecule has 2 heteroatoms. The number of nitrogens with zero attached hydrogens (tertiary/aromatic N) is 1. The molecule has 1 aromatic carbocycles. The van der Waals surface area contributed by atoms with Crippen LogP contribution in [0.25, 0.3) is 22.1 Å². The molecule has 0 spiro atoms. The summed E-state index contributed by atoms with van der Waals surface area (Å²) in [6.45, 7) is 0. The summed E-state index contributed by atoms with van der Waals surface area (Å²) in [6, 6.07) is 12.9. The van der Waals surface area contributed by atoms with Gasteiger partial charge >= 0.3 is 0 Å². The Morgan fingerprint density at radius 2 is 1.93 bits per heavy atom. The van der Waals surface area contributed by atoms with Crippen molar-refractivity contribution in [2.24, 2.45) is 0 Å². The van der Waals surface area contributed by atoms with E-state index >= 15 is 0 Å². The molecule has 1 radical (unpaired) electrons. The van der Waals surface area contributed by atoms with Gasteiger partial charge in [-0.3, -0.25) is 4.98 Å². The number of benzene rings is 1. The van der Waals surface area contributed by atoms with Crippen LogP contribution >= 0.6 is 0 Å². The number of pyridine rings is 1. The van der Waals surface area contributed by atoms with Gasteiger partial charge in [0.05, 0.1) is 6.26 Å². The lowest BCUT2D eigenvalue weighted by atomic mass is 10.0. The summed E-state index contributed by atoms with van der Waals surface area (Å²) >= 11 is 0. The van der Waals surface area contributed by atoms with Gasteiger partial charge in [0.15, 0.2) is 0 Å². The first-order valence-electron chi connectivity index (χ1n) is 4.73. The Morgan fingerprint density at radius 3 is 2.80 bits per heavy atom. The van der Waals surface area contributed by atoms with Gasteiger partial charge in [-0.25, -0.2) is 0 Å². The van der Waals surface area contributed by atoms with E-state index in [0.29, 0.717) is 0 Å². The average Bonchev–Trinajstić information content (AvgIpc) is 2.78. The highest BCUT2D eigenvalue weighted by molar-refractivity contribution is 5.93. The lowest BCUT2D eigenvalue weighted by Gasteiger charge is -2.01. The first kappa shape index (κ1) is 8.24. The third kappa shape index (κ3) is 1.31. The molecule has 0 aliphatic heterocycles. The molecule has 2 aromatic heterocycles. The second-order valence-corrected chi connectivity index (χ2v) is 3.29. The molecule has 0 fully saturated rings. The fourth-order valence-electron chi connectivity index (χ4n) is 1.71. The number of aromatic nitrogens is 1. The van der Waals surface area contributed by atoms with E-state index < -0.39 is 0 Å². The van der Waals surface area contributed by atoms with E-state index in [-0.39, 0.29) is 0 Å². The molecule has 0 amide bonds. The van der Waals surface area contributed by atoms with Crippen molar-refractivity contribution in [3.63, 3.8) is 0 Å². The van der Waals surface area contributed by atoms with Gasteiger partial charge in [-0.05, 0) is 35.4 Å². The Hall–Kier alpha value is -2.09. The summed E-state index contributed by atoms with van der Waals surface area (Å²) in [5.74, 6) is 0. The number of rotatable bonds is 1. The molecule has 15 heavy (non-hydrogen) atoms. The highest BCUT2D eigenvalue weighted by atomic mass is 16.3. The zero-order valence-electron chi connectivity index (χ0n) is 7.97. The van der Waals surface area contributed by atoms with Crippen LogP contribution in [0.5, 0.6) is 0 Å². The van der Waals surface area contributed by atoms with Crippen LogP contribution in [0.3, 0.4) is 0 Å². The van der Waals surface area contributed by atoms with Crippen LogP contribution in [0.1, 0.15) is 0 Å². The van der Waals surface area contributed by atoms with Gasteiger partial charge in [0, 0.05) is 23.8 Å². The van der Waals surface area contributed by atoms with E-state index in [0.717, 1.165) is 22.1 Å². The molecule has 0 aliphatic carbocycles. The SMILES string of the molecule is [c]1ccc(-c2ccncc2)c2ccoc12. The molecule has 0 unspecified atom stereocenters. The van der Waals surface area contributed by atoms with E-state index in [9.17, 15) is 0 Å². The lowest BCUT2D eigenvalue weighted by molar-refractivity contribution is 0.615. The van der Waals surface area contributed by atoms with Crippen molar-refractivity contribution in [3.05, 3.63) is 55.1 Å². The quantitative estimate of drug-likeness (QED) is 0.594. The van der Waals surface area contributed by atoms with Crippen molar-refractivity contribution >= 4 is 11.0 Å². The zero-order valence-corrected chi connectivity index (χ0v) is 7.97. The predicted molar refractivity (Wildman–Crippen MR) is 58.3 cm³/mol. The van der Waals surface area contributed by atoms with Gasteiger partial charge in [0.2, 0.25) is 0 Å². The topological polar surface area (TPSA) is 26.0 Å². The van der Waals surface area contributed by atoms with Crippen LogP contribution in [0, 0.1) is 6.07 Å². The van der Waals surface area contributed by atoms with Crippen LogP contribution in [-0.2, 0) is 0 Å². The summed E-state index contributed by atoms with van der Waals surface area (Å²) in [5, 5.41) is 1.09. The maximum Gasteiger partial charge on any atom is 0.142 e. The van der Waals surface area contributed by atoms with Gasteiger partial charge < -0.3 is 4.42 Å². The third-order valence-electron chi connectivity index (χ3n) is 2.41. The van der Waals surface area contributed by atoms with Gasteiger partial charge in [-0.1, -0.05) is 6.07 Å². The van der Waals surface area contributed by atoms with E-state index in [4.69, 9.17) is 4.42 Å². The maximum absolute atomic E-state index is 5.31. The maximum atomic E-state index is 5.31. The van der Waals surface area contributed by atoms with Crippen LogP contribution < -0.4 is 0 Å². The Labute approximate surface area is 87.2 Å². The predicted octanol–water partition coefficient (Wildman–Crippen LogP) is 3.29. The fourth-order valence-corrected chi connectivity index (χ4v) is 1.71. The molecule has 0 saturated carbocycles. The van der Waals surface area contributed by atoms with E-state index in [1.165, 1.54) is 0 Å². The van der Waals surface area contributed by atoms with E-state index in [2.05, 4.69) is 11.1 Å². The van der Waals surface area contributed by atoms with Crippen molar-refractivity contribution in [1.82, 2.24) is 4.98 Å². The molecular formula is C13H8NO. The smallest absolute Gasteiger partial charge is 0.142 e. The molecule has 0 bridgehead atoms. The normalized spacial score (nSPS) is 10.7. The minimum absolute atomic E-state index is 0.796. The zero-order chi connectivity index (χ0) is 10.1. The van der Waals surface area contributed by atoms with Crippen LogP contribution in [0.4, 0.5) is 0 Å². The van der Waals surface area contributed by atoms with Gasteiger partial charge in [-0.2, -0.15) is 0 Å². The Bertz CT molecular complexity index is 584. The summed E-state index contributed by atoms with van der Waals surface area (Å²) in [5.41, 5.74) is 3.09. The molecule has 3 rings (SSSR count). The second kappa shape index (κ2) is 3.24. The molecule has 71 valence electrons. The van der Waals surface area contributed by atoms with Crippen molar-refractivity contribution in [2.75, 3.05) is 0 Å². The standard InChI is InChI=1S/C13H8NO/c1-2-11(10-4-7-14-8-5-10)12-6-9-15-13(12)3-1/h1-2,4-9H. The number of furan rings is 1. The highest BCUT2D eigenvalue weighted by Crippen LogP contribution is 2.28. The molecular weight excluding hydrogens is 186 g/mol. The first-order valence-corrected chi connectivity index (χ1v) is 4.73. The van der Waals surface area contributed by atoms with Crippen LogP contribution in [0.2, 0.25) is 0 Å². The van der Waals surface area contributed by atoms with Crippen LogP contribution in [-0.4, -0.2) is 4.98 Å². The molecule has 0 saturated heterocycles. The molecule has 3 aromatic rings. The number of hydrogen-bond donors (Lipinski definition) is 0. The monoisotopic (exact) mass is 194 g/mol. The van der Waals surface area contributed by atoms with Crippen LogP contribution in [0.15, 0.2) is 53.4 Å². The summed E-state index contributed by atoms with van der Waals surface area (Å²) in [4.78, 5) is 4.01. The second-order valence-electron chi connectivity index (χ2n) is 3.29. The number of hydrogen-bond acceptors (Lipinski definition) is 2. The minimum atomic E-state index is 0.796. The van der Waals surface area contributed by atoms with E-state index in [1.54, 1.807) is 18.7 Å². The Morgan fingerprint density at radius 1 is 1.07 bits per heavy atom. The Kier molecular flexibility index (Phi) is 1.78. The average molecular weight is 194 g/mol. The Balaban J connectivity index is 2.31. The summed E-state index contributed by atoms with van der Waals surface area (Å²) < 4.78 is 5.31. The van der Waals surface area contributed by atoms with Crippen molar-refractivity contribution in [3.8, 4) is 11.1 Å². The first-order chi connectivity index (χ1) is 7.45. The number of fused-ring (bicyclic) bond motifs is 1. The molecule has 0 atom stereocenters. The largest absolute Gasteiger partial charge is 0.464 e. The lowest BCUT2D eigenvalue weighted by Crippen LogP contribution is -1.78. The molecule has 0 N–H and O–H groups in total. The van der Waals surface area contributed by atoms with Gasteiger partial charge in [-0.15, -0.1) is 0 Å².